The summed E-state index contributed by atoms with van der Waals surface area (Å²) in [4.78, 5) is 25.8. The zero-order valence-corrected chi connectivity index (χ0v) is 13.0. The van der Waals surface area contributed by atoms with E-state index in [9.17, 15) is 9.59 Å². The molecule has 118 valence electrons. The fourth-order valence-corrected chi connectivity index (χ4v) is 2.77. The number of carbonyl (C=O) groups is 2. The van der Waals surface area contributed by atoms with E-state index < -0.39 is 0 Å². The molecule has 1 aliphatic heterocycles. The van der Waals surface area contributed by atoms with Crippen molar-refractivity contribution in [3.8, 4) is 0 Å². The topological polar surface area (TPSA) is 61.4 Å². The number of rotatable bonds is 7. The lowest BCUT2D eigenvalue weighted by atomic mass is 9.97. The highest BCUT2D eigenvalue weighted by Crippen LogP contribution is 2.45. The maximum Gasteiger partial charge on any atom is 0.234 e. The van der Waals surface area contributed by atoms with Crippen molar-refractivity contribution in [2.75, 3.05) is 32.7 Å². The second-order valence-corrected chi connectivity index (χ2v) is 6.61. The first kappa shape index (κ1) is 16.0. The van der Waals surface area contributed by atoms with Gasteiger partial charge in [0.1, 0.15) is 0 Å². The van der Waals surface area contributed by atoms with E-state index in [4.69, 9.17) is 0 Å². The minimum absolute atomic E-state index is 0.0464. The summed E-state index contributed by atoms with van der Waals surface area (Å²) >= 11 is 0. The van der Waals surface area contributed by atoms with Crippen molar-refractivity contribution in [2.24, 2.45) is 11.3 Å². The van der Waals surface area contributed by atoms with Crippen LogP contribution >= 0.6 is 0 Å². The summed E-state index contributed by atoms with van der Waals surface area (Å²) < 4.78 is 0. The van der Waals surface area contributed by atoms with E-state index in [2.05, 4.69) is 22.1 Å². The van der Waals surface area contributed by atoms with Crippen LogP contribution in [0.2, 0.25) is 0 Å². The van der Waals surface area contributed by atoms with E-state index >= 15 is 0 Å². The highest BCUT2D eigenvalue weighted by Gasteiger charge is 2.44. The summed E-state index contributed by atoms with van der Waals surface area (Å²) in [6.07, 6.45) is 5.93. The van der Waals surface area contributed by atoms with Crippen molar-refractivity contribution >= 4 is 11.8 Å². The number of piperidine rings is 1. The van der Waals surface area contributed by atoms with Gasteiger partial charge in [-0.2, -0.15) is 0 Å². The summed E-state index contributed by atoms with van der Waals surface area (Å²) in [6, 6.07) is 0. The van der Waals surface area contributed by atoms with Crippen molar-refractivity contribution in [2.45, 2.75) is 32.6 Å². The van der Waals surface area contributed by atoms with Crippen LogP contribution in [0.3, 0.4) is 0 Å². The summed E-state index contributed by atoms with van der Waals surface area (Å²) in [7, 11) is 0. The molecule has 1 heterocycles. The van der Waals surface area contributed by atoms with Gasteiger partial charge in [0.15, 0.2) is 0 Å². The van der Waals surface area contributed by atoms with Crippen molar-refractivity contribution in [3.05, 3.63) is 12.7 Å². The predicted octanol–water partition coefficient (Wildman–Crippen LogP) is 0.917. The van der Waals surface area contributed by atoms with Gasteiger partial charge >= 0.3 is 0 Å². The summed E-state index contributed by atoms with van der Waals surface area (Å²) in [6.45, 7) is 9.16. The van der Waals surface area contributed by atoms with Crippen LogP contribution in [-0.4, -0.2) is 49.4 Å². The minimum atomic E-state index is -0.0983. The summed E-state index contributed by atoms with van der Waals surface area (Å²) in [5.41, 5.74) is -0.0983. The zero-order chi connectivity index (χ0) is 15.3. The number of carbonyl (C=O) groups excluding carboxylic acids is 2. The molecule has 1 saturated heterocycles. The van der Waals surface area contributed by atoms with Gasteiger partial charge in [-0.05, 0) is 38.1 Å². The number of nitrogens with zero attached hydrogens (tertiary/aromatic N) is 1. The summed E-state index contributed by atoms with van der Waals surface area (Å²) in [5.74, 6) is 0.700. The van der Waals surface area contributed by atoms with Crippen LogP contribution in [0.5, 0.6) is 0 Å². The lowest BCUT2D eigenvalue weighted by molar-refractivity contribution is -0.126. The standard InChI is InChI=1S/C16H27N3O2/c1-3-8-17-14(20)12-19-9-4-5-13(11-19)10-18-15(21)16(2)6-7-16/h3,13H,1,4-12H2,2H3,(H,17,20)(H,18,21). The average molecular weight is 293 g/mol. The molecule has 0 aromatic carbocycles. The van der Waals surface area contributed by atoms with Crippen molar-refractivity contribution < 1.29 is 9.59 Å². The van der Waals surface area contributed by atoms with Gasteiger partial charge in [0, 0.05) is 25.0 Å². The number of nitrogens with one attached hydrogen (secondary N) is 2. The van der Waals surface area contributed by atoms with Crippen molar-refractivity contribution in [1.29, 1.82) is 0 Å². The maximum atomic E-state index is 11.9. The van der Waals surface area contributed by atoms with Crippen LogP contribution in [0.25, 0.3) is 0 Å². The minimum Gasteiger partial charge on any atom is -0.355 e. The van der Waals surface area contributed by atoms with Gasteiger partial charge in [0.2, 0.25) is 11.8 Å². The molecule has 1 unspecified atom stereocenters. The van der Waals surface area contributed by atoms with E-state index in [0.717, 1.165) is 45.3 Å². The molecule has 0 radical (unpaired) electrons. The third-order valence-electron chi connectivity index (χ3n) is 4.51. The molecule has 0 aromatic heterocycles. The van der Waals surface area contributed by atoms with Crippen LogP contribution in [0.15, 0.2) is 12.7 Å². The van der Waals surface area contributed by atoms with Crippen molar-refractivity contribution in [3.63, 3.8) is 0 Å². The molecule has 2 N–H and O–H groups in total. The first-order chi connectivity index (χ1) is 10.0. The second-order valence-electron chi connectivity index (χ2n) is 6.61. The van der Waals surface area contributed by atoms with Crippen LogP contribution in [-0.2, 0) is 9.59 Å². The van der Waals surface area contributed by atoms with E-state index in [1.807, 2.05) is 6.92 Å². The molecule has 2 amide bonds. The van der Waals surface area contributed by atoms with E-state index in [-0.39, 0.29) is 17.2 Å². The lowest BCUT2D eigenvalue weighted by Crippen LogP contribution is -2.45. The molecule has 5 nitrogen and oxygen atoms in total. The maximum absolute atomic E-state index is 11.9. The van der Waals surface area contributed by atoms with Crippen molar-refractivity contribution in [1.82, 2.24) is 15.5 Å². The Balaban J connectivity index is 1.69. The highest BCUT2D eigenvalue weighted by molar-refractivity contribution is 5.84. The van der Waals surface area contributed by atoms with E-state index in [1.54, 1.807) is 6.08 Å². The molecule has 2 aliphatic rings. The Hall–Kier alpha value is -1.36. The van der Waals surface area contributed by atoms with E-state index in [0.29, 0.717) is 19.0 Å². The number of amides is 2. The van der Waals surface area contributed by atoms with Crippen LogP contribution in [0.4, 0.5) is 0 Å². The number of hydrogen-bond donors (Lipinski definition) is 2. The third kappa shape index (κ3) is 4.84. The number of hydrogen-bond acceptors (Lipinski definition) is 3. The van der Waals surface area contributed by atoms with Crippen LogP contribution < -0.4 is 10.6 Å². The summed E-state index contributed by atoms with van der Waals surface area (Å²) in [5, 5.41) is 5.89. The lowest BCUT2D eigenvalue weighted by Gasteiger charge is -2.32. The Morgan fingerprint density at radius 3 is 2.81 bits per heavy atom. The Kier molecular flexibility index (Phi) is 5.39. The van der Waals surface area contributed by atoms with Gasteiger partial charge < -0.3 is 10.6 Å². The van der Waals surface area contributed by atoms with Crippen LogP contribution in [0, 0.1) is 11.3 Å². The van der Waals surface area contributed by atoms with Gasteiger partial charge in [-0.15, -0.1) is 6.58 Å². The second kappa shape index (κ2) is 7.07. The van der Waals surface area contributed by atoms with Gasteiger partial charge in [-0.3, -0.25) is 14.5 Å². The van der Waals surface area contributed by atoms with Gasteiger partial charge in [0.25, 0.3) is 0 Å². The largest absolute Gasteiger partial charge is 0.355 e. The SMILES string of the molecule is C=CCNC(=O)CN1CCCC(CNC(=O)C2(C)CC2)C1. The molecule has 0 bridgehead atoms. The molecule has 0 spiro atoms. The molecule has 21 heavy (non-hydrogen) atoms. The first-order valence-corrected chi connectivity index (χ1v) is 7.92. The molecular formula is C16H27N3O2. The predicted molar refractivity (Wildman–Crippen MR) is 82.7 cm³/mol. The van der Waals surface area contributed by atoms with Gasteiger partial charge in [0.05, 0.1) is 6.54 Å². The first-order valence-electron chi connectivity index (χ1n) is 7.92. The van der Waals surface area contributed by atoms with Gasteiger partial charge in [-0.1, -0.05) is 13.0 Å². The third-order valence-corrected chi connectivity index (χ3v) is 4.51. The van der Waals surface area contributed by atoms with Crippen LogP contribution in [0.1, 0.15) is 32.6 Å². The number of likely N-dealkylation sites (tertiary alicyclic amines) is 1. The molecular weight excluding hydrogens is 266 g/mol. The molecule has 0 aromatic rings. The zero-order valence-electron chi connectivity index (χ0n) is 13.0. The fraction of sp³-hybridized carbons (Fsp3) is 0.750. The molecule has 1 saturated carbocycles. The molecule has 1 atom stereocenters. The quantitative estimate of drug-likeness (QED) is 0.686. The smallest absolute Gasteiger partial charge is 0.234 e. The molecule has 1 aliphatic carbocycles. The van der Waals surface area contributed by atoms with E-state index in [1.165, 1.54) is 0 Å². The molecule has 2 rings (SSSR count). The molecule has 2 fully saturated rings. The van der Waals surface area contributed by atoms with Gasteiger partial charge in [-0.25, -0.2) is 0 Å². The highest BCUT2D eigenvalue weighted by atomic mass is 16.2. The normalized spacial score (nSPS) is 24.1. The Bertz CT molecular complexity index is 404. The average Bonchev–Trinajstić information content (AvgIpc) is 3.22. The Morgan fingerprint density at radius 2 is 2.14 bits per heavy atom. The molecule has 5 heteroatoms. The Labute approximate surface area is 127 Å². The fourth-order valence-electron chi connectivity index (χ4n) is 2.77. The monoisotopic (exact) mass is 293 g/mol. The Morgan fingerprint density at radius 1 is 1.38 bits per heavy atom.